The molecule has 2 aromatic rings. The van der Waals surface area contributed by atoms with E-state index in [1.807, 2.05) is 24.3 Å². The second-order valence-electron chi connectivity index (χ2n) is 7.40. The molecule has 0 aliphatic rings. The van der Waals surface area contributed by atoms with E-state index < -0.39 is 16.1 Å². The number of para-hydroxylation sites is 1. The summed E-state index contributed by atoms with van der Waals surface area (Å²) >= 11 is 0. The first-order valence-corrected chi connectivity index (χ1v) is 11.3. The van der Waals surface area contributed by atoms with Crippen molar-refractivity contribution in [2.24, 2.45) is 0 Å². The quantitative estimate of drug-likeness (QED) is 0.636. The van der Waals surface area contributed by atoms with Crippen molar-refractivity contribution in [2.45, 2.75) is 64.0 Å². The highest BCUT2D eigenvalue weighted by Crippen LogP contribution is 2.29. The van der Waals surface area contributed by atoms with E-state index in [1.165, 1.54) is 12.1 Å². The van der Waals surface area contributed by atoms with Gasteiger partial charge in [-0.2, -0.15) is 0 Å². The van der Waals surface area contributed by atoms with Crippen LogP contribution in [0, 0.1) is 0 Å². The van der Waals surface area contributed by atoms with Crippen LogP contribution in [0.5, 0.6) is 5.75 Å². The molecule has 2 atom stereocenters. The first-order chi connectivity index (χ1) is 13.6. The maximum absolute atomic E-state index is 12.5. The van der Waals surface area contributed by atoms with Gasteiger partial charge in [0.25, 0.3) is 5.91 Å². The Bertz CT molecular complexity index is 924. The molecule has 0 aliphatic carbocycles. The fraction of sp³-hybridized carbons (Fsp3) is 0.409. The van der Waals surface area contributed by atoms with Gasteiger partial charge in [-0.05, 0) is 69.0 Å². The molecule has 0 fully saturated rings. The predicted molar refractivity (Wildman–Crippen MR) is 116 cm³/mol. The van der Waals surface area contributed by atoms with E-state index in [0.29, 0.717) is 17.4 Å². The smallest absolute Gasteiger partial charge is 0.265 e. The Balaban J connectivity index is 2.05. The summed E-state index contributed by atoms with van der Waals surface area (Å²) in [5.41, 5.74) is 1.58. The number of hydrogen-bond acceptors (Lipinski definition) is 4. The second-order valence-corrected chi connectivity index (χ2v) is 9.11. The van der Waals surface area contributed by atoms with Crippen LogP contribution < -0.4 is 14.8 Å². The molecular formula is C22H30N2O4S. The van der Waals surface area contributed by atoms with Crippen LogP contribution in [0.4, 0.5) is 5.69 Å². The van der Waals surface area contributed by atoms with Gasteiger partial charge >= 0.3 is 0 Å². The number of hydrogen-bond donors (Lipinski definition) is 2. The highest BCUT2D eigenvalue weighted by molar-refractivity contribution is 7.89. The number of benzene rings is 2. The molecule has 0 saturated carbocycles. The van der Waals surface area contributed by atoms with E-state index in [1.54, 1.807) is 32.9 Å². The maximum atomic E-state index is 12.5. The molecule has 6 nitrogen and oxygen atoms in total. The Morgan fingerprint density at radius 2 is 1.62 bits per heavy atom. The minimum atomic E-state index is -3.56. The first-order valence-electron chi connectivity index (χ1n) is 9.83. The molecule has 2 unspecified atom stereocenters. The summed E-state index contributed by atoms with van der Waals surface area (Å²) in [7, 11) is -3.56. The third-order valence-corrected chi connectivity index (χ3v) is 6.23. The monoisotopic (exact) mass is 418 g/mol. The summed E-state index contributed by atoms with van der Waals surface area (Å²) in [6.07, 6.45) is 0.272. The molecule has 2 N–H and O–H groups in total. The molecule has 2 aromatic carbocycles. The summed E-state index contributed by atoms with van der Waals surface area (Å²) in [4.78, 5) is 12.7. The van der Waals surface area contributed by atoms with E-state index in [0.717, 1.165) is 12.0 Å². The molecule has 0 aromatic heterocycles. The lowest BCUT2D eigenvalue weighted by Crippen LogP contribution is -2.31. The fourth-order valence-corrected chi connectivity index (χ4v) is 4.05. The number of carbonyl (C=O) groups excluding carboxylic acids is 1. The van der Waals surface area contributed by atoms with Gasteiger partial charge in [0.2, 0.25) is 10.0 Å². The molecule has 7 heteroatoms. The van der Waals surface area contributed by atoms with E-state index >= 15 is 0 Å². The third kappa shape index (κ3) is 6.30. The van der Waals surface area contributed by atoms with Crippen molar-refractivity contribution in [2.75, 3.05) is 5.32 Å². The molecular weight excluding hydrogens is 388 g/mol. The van der Waals surface area contributed by atoms with Crippen molar-refractivity contribution in [1.29, 1.82) is 0 Å². The highest BCUT2D eigenvalue weighted by atomic mass is 32.2. The minimum Gasteiger partial charge on any atom is -0.481 e. The van der Waals surface area contributed by atoms with Gasteiger partial charge in [0.05, 0.1) is 4.90 Å². The van der Waals surface area contributed by atoms with Crippen LogP contribution in [0.3, 0.4) is 0 Å². The third-order valence-electron chi connectivity index (χ3n) is 4.56. The summed E-state index contributed by atoms with van der Waals surface area (Å²) < 4.78 is 32.8. The standard InChI is InChI=1S/C22H30N2O4S/c1-6-16(4)20-9-7-8-10-21(20)28-17(5)22(25)23-18-11-13-19(14-12-18)29(26,27)24-15(2)3/h7-17,24H,6H2,1-5H3,(H,23,25). The molecule has 0 aliphatic heterocycles. The van der Waals surface area contributed by atoms with Crippen molar-refractivity contribution >= 4 is 21.6 Å². The van der Waals surface area contributed by atoms with Crippen LogP contribution in [-0.4, -0.2) is 26.5 Å². The van der Waals surface area contributed by atoms with E-state index in [4.69, 9.17) is 4.74 Å². The lowest BCUT2D eigenvalue weighted by Gasteiger charge is -2.19. The number of anilines is 1. The van der Waals surface area contributed by atoms with Gasteiger partial charge in [-0.3, -0.25) is 4.79 Å². The zero-order chi connectivity index (χ0) is 21.6. The summed E-state index contributed by atoms with van der Waals surface area (Å²) in [5, 5.41) is 2.76. The Hall–Kier alpha value is -2.38. The zero-order valence-electron chi connectivity index (χ0n) is 17.6. The van der Waals surface area contributed by atoms with Gasteiger partial charge < -0.3 is 10.1 Å². The van der Waals surface area contributed by atoms with E-state index in [2.05, 4.69) is 23.9 Å². The lowest BCUT2D eigenvalue weighted by atomic mass is 9.98. The fourth-order valence-electron chi connectivity index (χ4n) is 2.80. The molecule has 2 rings (SSSR count). The van der Waals surface area contributed by atoms with Crippen molar-refractivity contribution in [3.63, 3.8) is 0 Å². The summed E-state index contributed by atoms with van der Waals surface area (Å²) in [6, 6.07) is 13.6. The molecule has 0 saturated heterocycles. The molecule has 0 radical (unpaired) electrons. The lowest BCUT2D eigenvalue weighted by molar-refractivity contribution is -0.122. The van der Waals surface area contributed by atoms with E-state index in [9.17, 15) is 13.2 Å². The number of rotatable bonds is 9. The normalized spacial score (nSPS) is 13.7. The second kappa shape index (κ2) is 9.89. The van der Waals surface area contributed by atoms with Crippen molar-refractivity contribution in [3.05, 3.63) is 54.1 Å². The number of ether oxygens (including phenoxy) is 1. The molecule has 29 heavy (non-hydrogen) atoms. The van der Waals surface area contributed by atoms with Crippen molar-refractivity contribution in [3.8, 4) is 5.75 Å². The van der Waals surface area contributed by atoms with Crippen molar-refractivity contribution < 1.29 is 17.9 Å². The van der Waals surface area contributed by atoms with Crippen molar-refractivity contribution in [1.82, 2.24) is 4.72 Å². The van der Waals surface area contributed by atoms with Crippen LogP contribution in [-0.2, 0) is 14.8 Å². The van der Waals surface area contributed by atoms with Gasteiger partial charge in [-0.1, -0.05) is 32.0 Å². The van der Waals surface area contributed by atoms with Gasteiger partial charge in [0, 0.05) is 11.7 Å². The van der Waals surface area contributed by atoms with E-state index in [-0.39, 0.29) is 16.8 Å². The van der Waals surface area contributed by atoms with Crippen LogP contribution in [0.2, 0.25) is 0 Å². The molecule has 0 heterocycles. The number of sulfonamides is 1. The van der Waals surface area contributed by atoms with Crippen LogP contribution in [0.25, 0.3) is 0 Å². The summed E-state index contributed by atoms with van der Waals surface area (Å²) in [6.45, 7) is 9.43. The van der Waals surface area contributed by atoms with Crippen LogP contribution in [0.15, 0.2) is 53.4 Å². The Morgan fingerprint density at radius 1 is 1.00 bits per heavy atom. The zero-order valence-corrected chi connectivity index (χ0v) is 18.4. The Morgan fingerprint density at radius 3 is 2.21 bits per heavy atom. The largest absolute Gasteiger partial charge is 0.481 e. The van der Waals surface area contributed by atoms with Gasteiger partial charge in [-0.15, -0.1) is 0 Å². The Kier molecular flexibility index (Phi) is 7.81. The highest BCUT2D eigenvalue weighted by Gasteiger charge is 2.19. The SMILES string of the molecule is CCC(C)c1ccccc1OC(C)C(=O)Nc1ccc(S(=O)(=O)NC(C)C)cc1. The summed E-state index contributed by atoms with van der Waals surface area (Å²) in [5.74, 6) is 0.723. The first kappa shape index (κ1) is 22.9. The number of carbonyl (C=O) groups is 1. The maximum Gasteiger partial charge on any atom is 0.265 e. The van der Waals surface area contributed by atoms with Gasteiger partial charge in [-0.25, -0.2) is 13.1 Å². The average Bonchev–Trinajstić information content (AvgIpc) is 2.67. The number of nitrogens with one attached hydrogen (secondary N) is 2. The minimum absolute atomic E-state index is 0.149. The van der Waals surface area contributed by atoms with Gasteiger partial charge in [0.1, 0.15) is 5.75 Å². The molecule has 158 valence electrons. The predicted octanol–water partition coefficient (Wildman–Crippen LogP) is 4.29. The molecule has 1 amide bonds. The topological polar surface area (TPSA) is 84.5 Å². The molecule has 0 bridgehead atoms. The van der Waals surface area contributed by atoms with Gasteiger partial charge in [0.15, 0.2) is 6.10 Å². The van der Waals surface area contributed by atoms with Crippen LogP contribution >= 0.6 is 0 Å². The number of amides is 1. The van der Waals surface area contributed by atoms with Crippen LogP contribution in [0.1, 0.15) is 52.5 Å². The molecule has 0 spiro atoms. The Labute approximate surface area is 173 Å². The average molecular weight is 419 g/mol.